The lowest BCUT2D eigenvalue weighted by atomic mass is 9.95. The van der Waals surface area contributed by atoms with Crippen LogP contribution in [0.5, 0.6) is 0 Å². The third-order valence-electron chi connectivity index (χ3n) is 3.65. The molecule has 1 aliphatic heterocycles. The molecule has 0 spiro atoms. The van der Waals surface area contributed by atoms with Crippen LogP contribution in [0.25, 0.3) is 0 Å². The number of carbonyl (C=O) groups is 1. The van der Waals surface area contributed by atoms with Gasteiger partial charge >= 0.3 is 0 Å². The summed E-state index contributed by atoms with van der Waals surface area (Å²) in [7, 11) is 0. The number of hydrogen-bond donors (Lipinski definition) is 2. The first kappa shape index (κ1) is 14.2. The highest BCUT2D eigenvalue weighted by molar-refractivity contribution is 9.10. The number of rotatable bonds is 2. The molecular weight excluding hydrogens is 330 g/mol. The molecule has 0 bridgehead atoms. The summed E-state index contributed by atoms with van der Waals surface area (Å²) in [6, 6.07) is 9.57. The molecular formula is C16H16BrN3O. The second-order valence-corrected chi connectivity index (χ2v) is 5.94. The van der Waals surface area contributed by atoms with Crippen LogP contribution in [0, 0.1) is 6.92 Å². The van der Waals surface area contributed by atoms with E-state index in [-0.39, 0.29) is 5.91 Å². The number of anilines is 1. The molecule has 5 heteroatoms. The van der Waals surface area contributed by atoms with E-state index in [2.05, 4.69) is 37.6 Å². The fraction of sp³-hybridized carbons (Fsp3) is 0.250. The first-order chi connectivity index (χ1) is 10.1. The van der Waals surface area contributed by atoms with Crippen molar-refractivity contribution in [1.82, 2.24) is 10.3 Å². The van der Waals surface area contributed by atoms with Crippen molar-refractivity contribution in [3.63, 3.8) is 0 Å². The molecule has 0 saturated carbocycles. The number of pyridine rings is 1. The molecule has 0 aliphatic carbocycles. The zero-order valence-corrected chi connectivity index (χ0v) is 13.3. The highest BCUT2D eigenvalue weighted by Gasteiger charge is 2.17. The van der Waals surface area contributed by atoms with Crippen molar-refractivity contribution < 1.29 is 4.79 Å². The topological polar surface area (TPSA) is 54.0 Å². The number of amides is 1. The van der Waals surface area contributed by atoms with Crippen molar-refractivity contribution in [3.05, 3.63) is 57.2 Å². The maximum absolute atomic E-state index is 12.5. The number of aromatic nitrogens is 1. The van der Waals surface area contributed by atoms with Crippen molar-refractivity contribution >= 4 is 27.7 Å². The molecule has 1 aromatic heterocycles. The first-order valence-corrected chi connectivity index (χ1v) is 7.70. The average molecular weight is 346 g/mol. The lowest BCUT2D eigenvalue weighted by Gasteiger charge is -2.19. The van der Waals surface area contributed by atoms with E-state index in [0.717, 1.165) is 40.8 Å². The normalized spacial score (nSPS) is 13.6. The number of nitrogens with zero attached hydrogens (tertiary/aromatic N) is 1. The minimum absolute atomic E-state index is 0.0945. The summed E-state index contributed by atoms with van der Waals surface area (Å²) in [6.45, 7) is 3.63. The molecule has 0 unspecified atom stereocenters. The lowest BCUT2D eigenvalue weighted by Crippen LogP contribution is -2.26. The van der Waals surface area contributed by atoms with Crippen LogP contribution in [0.2, 0.25) is 0 Å². The van der Waals surface area contributed by atoms with Crippen LogP contribution in [0.4, 0.5) is 5.82 Å². The SMILES string of the molecule is Cc1nc(NC(=O)c2cccc3c2CCNC3)ccc1Br. The van der Waals surface area contributed by atoms with Gasteiger partial charge in [0.2, 0.25) is 0 Å². The molecule has 108 valence electrons. The Kier molecular flexibility index (Phi) is 4.03. The van der Waals surface area contributed by atoms with Crippen molar-refractivity contribution in [3.8, 4) is 0 Å². The van der Waals surface area contributed by atoms with Gasteiger partial charge in [-0.15, -0.1) is 0 Å². The van der Waals surface area contributed by atoms with Gasteiger partial charge in [-0.1, -0.05) is 12.1 Å². The van der Waals surface area contributed by atoms with Gasteiger partial charge in [-0.05, 0) is 65.1 Å². The van der Waals surface area contributed by atoms with Crippen LogP contribution in [0.1, 0.15) is 27.2 Å². The molecule has 1 aromatic carbocycles. The van der Waals surface area contributed by atoms with Crippen LogP contribution in [0.15, 0.2) is 34.8 Å². The lowest BCUT2D eigenvalue weighted by molar-refractivity contribution is 0.102. The summed E-state index contributed by atoms with van der Waals surface area (Å²) >= 11 is 3.41. The van der Waals surface area contributed by atoms with Crippen LogP contribution in [-0.4, -0.2) is 17.4 Å². The summed E-state index contributed by atoms with van der Waals surface area (Å²) in [4.78, 5) is 16.9. The van der Waals surface area contributed by atoms with E-state index in [1.54, 1.807) is 6.07 Å². The van der Waals surface area contributed by atoms with Crippen molar-refractivity contribution in [2.75, 3.05) is 11.9 Å². The second-order valence-electron chi connectivity index (χ2n) is 5.09. The standard InChI is InChI=1S/C16H16BrN3O/c1-10-14(17)5-6-15(19-10)20-16(21)13-4-2-3-11-9-18-8-7-12(11)13/h2-6,18H,7-9H2,1H3,(H,19,20,21). The molecule has 0 saturated heterocycles. The first-order valence-electron chi connectivity index (χ1n) is 6.91. The molecule has 2 N–H and O–H groups in total. The predicted molar refractivity (Wildman–Crippen MR) is 86.5 cm³/mol. The molecule has 4 nitrogen and oxygen atoms in total. The van der Waals surface area contributed by atoms with Crippen LogP contribution >= 0.6 is 15.9 Å². The van der Waals surface area contributed by atoms with Crippen molar-refractivity contribution in [2.45, 2.75) is 19.9 Å². The van der Waals surface area contributed by atoms with Crippen molar-refractivity contribution in [2.24, 2.45) is 0 Å². The van der Waals surface area contributed by atoms with E-state index in [9.17, 15) is 4.79 Å². The zero-order valence-electron chi connectivity index (χ0n) is 11.7. The molecule has 3 rings (SSSR count). The van der Waals surface area contributed by atoms with Gasteiger partial charge in [-0.25, -0.2) is 4.98 Å². The molecule has 0 atom stereocenters. The van der Waals surface area contributed by atoms with E-state index in [1.165, 1.54) is 5.56 Å². The van der Waals surface area contributed by atoms with Crippen molar-refractivity contribution in [1.29, 1.82) is 0 Å². The van der Waals surface area contributed by atoms with E-state index in [4.69, 9.17) is 0 Å². The van der Waals surface area contributed by atoms with E-state index < -0.39 is 0 Å². The van der Waals surface area contributed by atoms with Gasteiger partial charge in [0, 0.05) is 16.6 Å². The van der Waals surface area contributed by atoms with Crippen LogP contribution < -0.4 is 10.6 Å². The number of aryl methyl sites for hydroxylation is 1. The Bertz CT molecular complexity index is 700. The quantitative estimate of drug-likeness (QED) is 0.879. The summed E-state index contributed by atoms with van der Waals surface area (Å²) in [5, 5.41) is 6.21. The number of hydrogen-bond acceptors (Lipinski definition) is 3. The Morgan fingerprint density at radius 2 is 2.19 bits per heavy atom. The second kappa shape index (κ2) is 5.95. The Labute approximate surface area is 132 Å². The molecule has 2 heterocycles. The van der Waals surface area contributed by atoms with Gasteiger partial charge in [0.1, 0.15) is 5.82 Å². The van der Waals surface area contributed by atoms with E-state index >= 15 is 0 Å². The molecule has 21 heavy (non-hydrogen) atoms. The fourth-order valence-corrected chi connectivity index (χ4v) is 2.76. The number of benzene rings is 1. The Hall–Kier alpha value is -1.72. The summed E-state index contributed by atoms with van der Waals surface area (Å²) in [6.07, 6.45) is 0.881. The number of fused-ring (bicyclic) bond motifs is 1. The summed E-state index contributed by atoms with van der Waals surface area (Å²) < 4.78 is 0.934. The van der Waals surface area contributed by atoms with Gasteiger partial charge < -0.3 is 10.6 Å². The highest BCUT2D eigenvalue weighted by Crippen LogP contribution is 2.21. The molecule has 2 aromatic rings. The predicted octanol–water partition coefficient (Wildman–Crippen LogP) is 3.05. The zero-order chi connectivity index (χ0) is 14.8. The van der Waals surface area contributed by atoms with Gasteiger partial charge in [-0.3, -0.25) is 4.79 Å². The monoisotopic (exact) mass is 345 g/mol. The Morgan fingerprint density at radius 1 is 1.33 bits per heavy atom. The van der Waals surface area contributed by atoms with Crippen LogP contribution in [-0.2, 0) is 13.0 Å². The van der Waals surface area contributed by atoms with Gasteiger partial charge in [0.05, 0.1) is 5.69 Å². The maximum atomic E-state index is 12.5. The van der Waals surface area contributed by atoms with Crippen LogP contribution in [0.3, 0.4) is 0 Å². The van der Waals surface area contributed by atoms with Gasteiger partial charge in [0.15, 0.2) is 0 Å². The summed E-state index contributed by atoms with van der Waals surface area (Å²) in [5.74, 6) is 0.482. The number of carbonyl (C=O) groups excluding carboxylic acids is 1. The third kappa shape index (κ3) is 2.99. The fourth-order valence-electron chi connectivity index (χ4n) is 2.54. The Balaban J connectivity index is 1.87. The molecule has 1 amide bonds. The largest absolute Gasteiger partial charge is 0.312 e. The van der Waals surface area contributed by atoms with Gasteiger partial charge in [0.25, 0.3) is 5.91 Å². The average Bonchev–Trinajstić information content (AvgIpc) is 2.50. The molecule has 0 fully saturated rings. The maximum Gasteiger partial charge on any atom is 0.257 e. The minimum Gasteiger partial charge on any atom is -0.312 e. The van der Waals surface area contributed by atoms with E-state index in [0.29, 0.717) is 5.82 Å². The minimum atomic E-state index is -0.0945. The third-order valence-corrected chi connectivity index (χ3v) is 4.49. The smallest absolute Gasteiger partial charge is 0.257 e. The molecule has 1 aliphatic rings. The number of halogens is 1. The summed E-state index contributed by atoms with van der Waals surface area (Å²) in [5.41, 5.74) is 3.94. The van der Waals surface area contributed by atoms with Gasteiger partial charge in [-0.2, -0.15) is 0 Å². The Morgan fingerprint density at radius 3 is 3.00 bits per heavy atom. The molecule has 0 radical (unpaired) electrons. The highest BCUT2D eigenvalue weighted by atomic mass is 79.9. The van der Waals surface area contributed by atoms with E-state index in [1.807, 2.05) is 25.1 Å². The number of nitrogens with one attached hydrogen (secondary N) is 2.